The highest BCUT2D eigenvalue weighted by molar-refractivity contribution is 6.31. The van der Waals surface area contributed by atoms with Crippen LogP contribution in [0.5, 0.6) is 0 Å². The van der Waals surface area contributed by atoms with Crippen LogP contribution in [0.1, 0.15) is 12.5 Å². The van der Waals surface area contributed by atoms with Gasteiger partial charge < -0.3 is 16.0 Å². The molecule has 0 saturated heterocycles. The van der Waals surface area contributed by atoms with Crippen LogP contribution in [-0.2, 0) is 11.0 Å². The van der Waals surface area contributed by atoms with Crippen molar-refractivity contribution in [2.75, 3.05) is 16.0 Å². The fraction of sp³-hybridized carbons (Fsp3) is 0.125. The molecule has 0 bridgehead atoms. The van der Waals surface area contributed by atoms with Crippen molar-refractivity contribution in [2.45, 2.75) is 13.1 Å². The highest BCUT2D eigenvalue weighted by atomic mass is 35.5. The average molecular weight is 372 g/mol. The smallest absolute Gasteiger partial charge is 0.326 e. The molecule has 0 aliphatic carbocycles. The SMILES string of the molecule is CC(=O)Nc1ccc(NC(=O)Nc2ccc(C(F)(F)F)c(Cl)c2)cc1. The molecule has 0 fully saturated rings. The number of anilines is 3. The minimum absolute atomic E-state index is 0.116. The molecule has 2 rings (SSSR count). The zero-order valence-electron chi connectivity index (χ0n) is 12.9. The molecule has 0 spiro atoms. The van der Waals surface area contributed by atoms with Crippen molar-refractivity contribution in [3.8, 4) is 0 Å². The van der Waals surface area contributed by atoms with Gasteiger partial charge in [-0.3, -0.25) is 4.79 Å². The number of nitrogens with one attached hydrogen (secondary N) is 3. The fourth-order valence-corrected chi connectivity index (χ4v) is 2.24. The molecular formula is C16H13ClF3N3O2. The van der Waals surface area contributed by atoms with Crippen LogP contribution in [0.4, 0.5) is 35.0 Å². The maximum Gasteiger partial charge on any atom is 0.417 e. The Morgan fingerprint density at radius 1 is 0.880 bits per heavy atom. The van der Waals surface area contributed by atoms with Crippen LogP contribution in [-0.4, -0.2) is 11.9 Å². The predicted octanol–water partition coefficient (Wildman–Crippen LogP) is 4.96. The van der Waals surface area contributed by atoms with Crippen molar-refractivity contribution < 1.29 is 22.8 Å². The van der Waals surface area contributed by atoms with E-state index in [0.717, 1.165) is 18.2 Å². The molecule has 0 aliphatic rings. The first-order valence-electron chi connectivity index (χ1n) is 6.97. The van der Waals surface area contributed by atoms with Crippen LogP contribution in [0.3, 0.4) is 0 Å². The van der Waals surface area contributed by atoms with Crippen LogP contribution in [0.2, 0.25) is 5.02 Å². The molecule has 25 heavy (non-hydrogen) atoms. The van der Waals surface area contributed by atoms with Crippen LogP contribution >= 0.6 is 11.6 Å². The molecule has 0 atom stereocenters. The summed E-state index contributed by atoms with van der Waals surface area (Å²) < 4.78 is 37.9. The number of benzene rings is 2. The Morgan fingerprint density at radius 3 is 1.84 bits per heavy atom. The third-order valence-corrected chi connectivity index (χ3v) is 3.31. The Morgan fingerprint density at radius 2 is 1.36 bits per heavy atom. The number of halogens is 4. The number of carbonyl (C=O) groups excluding carboxylic acids is 2. The Balaban J connectivity index is 2.00. The average Bonchev–Trinajstić information content (AvgIpc) is 2.47. The molecule has 9 heteroatoms. The zero-order valence-corrected chi connectivity index (χ0v) is 13.6. The first-order chi connectivity index (χ1) is 11.6. The maximum absolute atomic E-state index is 12.6. The molecule has 0 radical (unpaired) electrons. The third-order valence-electron chi connectivity index (χ3n) is 3.00. The highest BCUT2D eigenvalue weighted by Crippen LogP contribution is 2.35. The molecule has 2 aromatic carbocycles. The predicted molar refractivity (Wildman–Crippen MR) is 89.8 cm³/mol. The second-order valence-electron chi connectivity index (χ2n) is 5.03. The van der Waals surface area contributed by atoms with E-state index in [0.29, 0.717) is 11.4 Å². The van der Waals surface area contributed by atoms with Crippen molar-refractivity contribution in [2.24, 2.45) is 0 Å². The molecule has 5 nitrogen and oxygen atoms in total. The topological polar surface area (TPSA) is 70.2 Å². The number of hydrogen-bond donors (Lipinski definition) is 3. The molecule has 3 N–H and O–H groups in total. The molecule has 132 valence electrons. The van der Waals surface area contributed by atoms with Crippen LogP contribution in [0, 0.1) is 0 Å². The van der Waals surface area contributed by atoms with Crippen molar-refractivity contribution in [1.29, 1.82) is 0 Å². The van der Waals surface area contributed by atoms with Crippen molar-refractivity contribution in [1.82, 2.24) is 0 Å². The molecule has 2 aromatic rings. The van der Waals surface area contributed by atoms with Crippen molar-refractivity contribution in [3.63, 3.8) is 0 Å². The summed E-state index contributed by atoms with van der Waals surface area (Å²) in [6, 6.07) is 8.56. The van der Waals surface area contributed by atoms with E-state index in [9.17, 15) is 22.8 Å². The third kappa shape index (κ3) is 5.39. The Kier molecular flexibility index (Phi) is 5.53. The summed E-state index contributed by atoms with van der Waals surface area (Å²) in [6.45, 7) is 1.37. The van der Waals surface area contributed by atoms with E-state index in [-0.39, 0.29) is 11.6 Å². The van der Waals surface area contributed by atoms with Crippen LogP contribution in [0.15, 0.2) is 42.5 Å². The quantitative estimate of drug-likeness (QED) is 0.713. The lowest BCUT2D eigenvalue weighted by Crippen LogP contribution is -2.19. The van der Waals surface area contributed by atoms with Gasteiger partial charge in [0.1, 0.15) is 0 Å². The van der Waals surface area contributed by atoms with Gasteiger partial charge in [0.15, 0.2) is 0 Å². The lowest BCUT2D eigenvalue weighted by molar-refractivity contribution is -0.137. The van der Waals surface area contributed by atoms with Crippen molar-refractivity contribution >= 4 is 40.6 Å². The first-order valence-corrected chi connectivity index (χ1v) is 7.35. The molecule has 0 aromatic heterocycles. The summed E-state index contributed by atoms with van der Waals surface area (Å²) in [7, 11) is 0. The second kappa shape index (κ2) is 7.43. The molecule has 0 aliphatic heterocycles. The number of hydrogen-bond acceptors (Lipinski definition) is 2. The van der Waals surface area contributed by atoms with E-state index in [2.05, 4.69) is 16.0 Å². The van der Waals surface area contributed by atoms with E-state index in [1.54, 1.807) is 24.3 Å². The summed E-state index contributed by atoms with van der Waals surface area (Å²) in [5.41, 5.74) is 0.136. The van der Waals surface area contributed by atoms with Gasteiger partial charge in [-0.15, -0.1) is 0 Å². The summed E-state index contributed by atoms with van der Waals surface area (Å²) in [4.78, 5) is 22.8. The Labute approximate surface area is 146 Å². The van der Waals surface area contributed by atoms with Gasteiger partial charge in [0.05, 0.1) is 10.6 Å². The summed E-state index contributed by atoms with van der Waals surface area (Å²) in [6.07, 6.45) is -4.56. The largest absolute Gasteiger partial charge is 0.417 e. The molecule has 0 heterocycles. The van der Waals surface area contributed by atoms with Gasteiger partial charge in [-0.2, -0.15) is 13.2 Å². The summed E-state index contributed by atoms with van der Waals surface area (Å²) in [5, 5.41) is 6.96. The molecular weight excluding hydrogens is 359 g/mol. The van der Waals surface area contributed by atoms with E-state index in [1.165, 1.54) is 6.92 Å². The monoisotopic (exact) mass is 371 g/mol. The second-order valence-corrected chi connectivity index (χ2v) is 5.44. The Bertz CT molecular complexity index is 792. The van der Waals surface area contributed by atoms with E-state index < -0.39 is 22.8 Å². The molecule has 0 saturated carbocycles. The maximum atomic E-state index is 12.6. The van der Waals surface area contributed by atoms with Gasteiger partial charge >= 0.3 is 12.2 Å². The number of alkyl halides is 3. The van der Waals surface area contributed by atoms with Crippen LogP contribution < -0.4 is 16.0 Å². The lowest BCUT2D eigenvalue weighted by Gasteiger charge is -2.12. The van der Waals surface area contributed by atoms with Gasteiger partial charge in [-0.25, -0.2) is 4.79 Å². The van der Waals surface area contributed by atoms with E-state index in [4.69, 9.17) is 11.6 Å². The zero-order chi connectivity index (χ0) is 18.6. The van der Waals surface area contributed by atoms with Gasteiger partial charge in [-0.05, 0) is 42.5 Å². The van der Waals surface area contributed by atoms with Gasteiger partial charge in [0.2, 0.25) is 5.91 Å². The Hall–Kier alpha value is -2.74. The summed E-state index contributed by atoms with van der Waals surface area (Å²) in [5.74, 6) is -0.224. The minimum Gasteiger partial charge on any atom is -0.326 e. The van der Waals surface area contributed by atoms with E-state index in [1.807, 2.05) is 0 Å². The van der Waals surface area contributed by atoms with E-state index >= 15 is 0 Å². The number of urea groups is 1. The van der Waals surface area contributed by atoms with Crippen LogP contribution in [0.25, 0.3) is 0 Å². The highest BCUT2D eigenvalue weighted by Gasteiger charge is 2.33. The van der Waals surface area contributed by atoms with Gasteiger partial charge in [0.25, 0.3) is 0 Å². The fourth-order valence-electron chi connectivity index (χ4n) is 1.96. The first kappa shape index (κ1) is 18.6. The number of rotatable bonds is 3. The lowest BCUT2D eigenvalue weighted by atomic mass is 10.2. The summed E-state index contributed by atoms with van der Waals surface area (Å²) >= 11 is 5.59. The number of amides is 3. The minimum atomic E-state index is -4.56. The molecule has 3 amide bonds. The normalized spacial score (nSPS) is 10.9. The van der Waals surface area contributed by atoms with Gasteiger partial charge in [0, 0.05) is 24.0 Å². The standard InChI is InChI=1S/C16H13ClF3N3O2/c1-9(24)21-10-2-4-11(5-3-10)22-15(25)23-12-6-7-13(14(17)8-12)16(18,19)20/h2-8H,1H3,(H,21,24)(H2,22,23,25). The van der Waals surface area contributed by atoms with Gasteiger partial charge in [-0.1, -0.05) is 11.6 Å². The number of carbonyl (C=O) groups is 2. The molecule has 0 unspecified atom stereocenters. The van der Waals surface area contributed by atoms with Crippen molar-refractivity contribution in [3.05, 3.63) is 53.1 Å².